The van der Waals surface area contributed by atoms with Gasteiger partial charge in [0.05, 0.1) is 5.69 Å². The van der Waals surface area contributed by atoms with Gasteiger partial charge in [-0.05, 0) is 80.4 Å². The Kier molecular flexibility index (Phi) is 6.14. The zero-order chi connectivity index (χ0) is 20.9. The molecule has 0 spiro atoms. The molecule has 5 nitrogen and oxygen atoms in total. The molecule has 3 aromatic rings. The van der Waals surface area contributed by atoms with Crippen LogP contribution in [0.15, 0.2) is 65.0 Å². The number of allylic oxidation sites excluding steroid dienone is 1. The van der Waals surface area contributed by atoms with Crippen LogP contribution in [0.5, 0.6) is 17.4 Å². The molecule has 0 atom stereocenters. The Labute approximate surface area is 180 Å². The Morgan fingerprint density at radius 1 is 0.933 bits per heavy atom. The van der Waals surface area contributed by atoms with Crippen LogP contribution in [0.4, 0.5) is 0 Å². The highest BCUT2D eigenvalue weighted by Crippen LogP contribution is 2.28. The number of aromatic hydroxyl groups is 1. The highest BCUT2D eigenvalue weighted by atomic mass is 32.1. The average molecular weight is 421 g/mol. The quantitative estimate of drug-likeness (QED) is 0.393. The second-order valence-electron chi connectivity index (χ2n) is 7.46. The smallest absolute Gasteiger partial charge is 0.262 e. The number of para-hydroxylation sites is 1. The third-order valence-corrected chi connectivity index (χ3v) is 5.57. The molecular formula is C24H24N2O3S. The zero-order valence-corrected chi connectivity index (χ0v) is 17.5. The molecule has 0 saturated heterocycles. The van der Waals surface area contributed by atoms with Crippen LogP contribution in [0.2, 0.25) is 0 Å². The summed E-state index contributed by atoms with van der Waals surface area (Å²) in [7, 11) is 0. The number of aromatic nitrogens is 2. The number of rotatable bonds is 4. The Morgan fingerprint density at radius 3 is 2.23 bits per heavy atom. The highest BCUT2D eigenvalue weighted by molar-refractivity contribution is 7.71. The molecule has 1 aromatic heterocycles. The van der Waals surface area contributed by atoms with Crippen LogP contribution in [0.25, 0.3) is 11.8 Å². The number of benzene rings is 2. The maximum atomic E-state index is 12.5. The lowest BCUT2D eigenvalue weighted by molar-refractivity contribution is 0.431. The molecule has 2 N–H and O–H groups in total. The van der Waals surface area contributed by atoms with Gasteiger partial charge in [0.2, 0.25) is 5.88 Å². The van der Waals surface area contributed by atoms with Crippen LogP contribution in [-0.4, -0.2) is 14.7 Å². The van der Waals surface area contributed by atoms with E-state index in [9.17, 15) is 9.90 Å². The summed E-state index contributed by atoms with van der Waals surface area (Å²) < 4.78 is 7.45. The third kappa shape index (κ3) is 4.54. The monoisotopic (exact) mass is 420 g/mol. The van der Waals surface area contributed by atoms with Gasteiger partial charge in [-0.2, -0.15) is 0 Å². The number of H-pyrrole nitrogens is 1. The van der Waals surface area contributed by atoms with Gasteiger partial charge in [0.1, 0.15) is 17.1 Å². The summed E-state index contributed by atoms with van der Waals surface area (Å²) in [4.78, 5) is 15.2. The maximum Gasteiger partial charge on any atom is 0.262 e. The van der Waals surface area contributed by atoms with Gasteiger partial charge in [0.25, 0.3) is 5.56 Å². The van der Waals surface area contributed by atoms with Crippen molar-refractivity contribution in [3.8, 4) is 23.1 Å². The lowest BCUT2D eigenvalue weighted by Gasteiger charge is -2.13. The van der Waals surface area contributed by atoms with Crippen molar-refractivity contribution in [2.45, 2.75) is 38.5 Å². The molecule has 1 aliphatic rings. The lowest BCUT2D eigenvalue weighted by Crippen LogP contribution is -2.16. The highest BCUT2D eigenvalue weighted by Gasteiger charge is 2.14. The van der Waals surface area contributed by atoms with Gasteiger partial charge in [0, 0.05) is 0 Å². The molecule has 0 aliphatic heterocycles. The Morgan fingerprint density at radius 2 is 1.57 bits per heavy atom. The van der Waals surface area contributed by atoms with Gasteiger partial charge < -0.3 is 9.84 Å². The fourth-order valence-electron chi connectivity index (χ4n) is 3.73. The number of nitrogens with one attached hydrogen (secondary N) is 1. The summed E-state index contributed by atoms with van der Waals surface area (Å²) >= 11 is 5.33. The first-order valence-electron chi connectivity index (χ1n) is 10.2. The van der Waals surface area contributed by atoms with Crippen LogP contribution in [0, 0.1) is 4.77 Å². The van der Waals surface area contributed by atoms with Gasteiger partial charge in [0.15, 0.2) is 4.77 Å². The van der Waals surface area contributed by atoms with Crippen molar-refractivity contribution in [2.75, 3.05) is 0 Å². The van der Waals surface area contributed by atoms with E-state index in [4.69, 9.17) is 17.0 Å². The SMILES string of the molecule is O=c1[nH]c(=S)n(-c2ccc(Oc3ccccc3)cc2)c(O)c1C=C1CCCCCC1. The van der Waals surface area contributed by atoms with Crippen molar-refractivity contribution < 1.29 is 9.84 Å². The zero-order valence-electron chi connectivity index (χ0n) is 16.6. The number of hydrogen-bond donors (Lipinski definition) is 2. The predicted octanol–water partition coefficient (Wildman–Crippen LogP) is 6.13. The van der Waals surface area contributed by atoms with E-state index in [0.717, 1.165) is 31.4 Å². The number of nitrogens with zero attached hydrogens (tertiary/aromatic N) is 1. The van der Waals surface area contributed by atoms with E-state index < -0.39 is 0 Å². The Bertz CT molecular complexity index is 1150. The van der Waals surface area contributed by atoms with E-state index in [1.807, 2.05) is 36.4 Å². The minimum atomic E-state index is -0.366. The molecule has 0 amide bonds. The number of aromatic amines is 1. The summed E-state index contributed by atoms with van der Waals surface area (Å²) in [5.74, 6) is 1.27. The summed E-state index contributed by atoms with van der Waals surface area (Å²) in [5, 5.41) is 10.9. The van der Waals surface area contributed by atoms with Crippen molar-refractivity contribution >= 4 is 18.3 Å². The number of hydrogen-bond acceptors (Lipinski definition) is 4. The molecular weight excluding hydrogens is 396 g/mol. The fraction of sp³-hybridized carbons (Fsp3) is 0.250. The molecule has 30 heavy (non-hydrogen) atoms. The first-order valence-corrected chi connectivity index (χ1v) is 10.6. The molecule has 1 fully saturated rings. The molecule has 1 heterocycles. The first-order chi connectivity index (χ1) is 14.6. The van der Waals surface area contributed by atoms with E-state index in [-0.39, 0.29) is 21.8 Å². The third-order valence-electron chi connectivity index (χ3n) is 5.29. The molecule has 6 heteroatoms. The predicted molar refractivity (Wildman–Crippen MR) is 121 cm³/mol. The van der Waals surface area contributed by atoms with Gasteiger partial charge in [-0.15, -0.1) is 0 Å². The van der Waals surface area contributed by atoms with Gasteiger partial charge in [-0.25, -0.2) is 0 Å². The van der Waals surface area contributed by atoms with E-state index >= 15 is 0 Å². The van der Waals surface area contributed by atoms with Crippen molar-refractivity contribution in [1.29, 1.82) is 0 Å². The molecule has 0 unspecified atom stereocenters. The van der Waals surface area contributed by atoms with Crippen LogP contribution in [0.3, 0.4) is 0 Å². The van der Waals surface area contributed by atoms with Gasteiger partial charge in [-0.3, -0.25) is 14.3 Å². The molecule has 1 saturated carbocycles. The van der Waals surface area contributed by atoms with Gasteiger partial charge >= 0.3 is 0 Å². The maximum absolute atomic E-state index is 12.5. The first kappa shape index (κ1) is 20.2. The second-order valence-corrected chi connectivity index (χ2v) is 7.84. The van der Waals surface area contributed by atoms with Crippen molar-refractivity contribution in [3.05, 3.63) is 80.9 Å². The second kappa shape index (κ2) is 9.13. The minimum Gasteiger partial charge on any atom is -0.494 e. The van der Waals surface area contributed by atoms with Crippen LogP contribution in [-0.2, 0) is 0 Å². The summed E-state index contributed by atoms with van der Waals surface area (Å²) in [6, 6.07) is 16.7. The summed E-state index contributed by atoms with van der Waals surface area (Å²) in [5.41, 5.74) is 1.73. The topological polar surface area (TPSA) is 67.2 Å². The molecule has 2 aromatic carbocycles. The molecule has 0 bridgehead atoms. The molecule has 0 radical (unpaired) electrons. The van der Waals surface area contributed by atoms with Crippen molar-refractivity contribution in [2.24, 2.45) is 0 Å². The number of ether oxygens (including phenoxy) is 1. The fourth-order valence-corrected chi connectivity index (χ4v) is 4.01. The lowest BCUT2D eigenvalue weighted by atomic mass is 10.1. The Balaban J connectivity index is 1.68. The normalized spacial score (nSPS) is 14.2. The van der Waals surface area contributed by atoms with E-state index in [1.165, 1.54) is 23.0 Å². The van der Waals surface area contributed by atoms with Crippen LogP contribution in [0.1, 0.15) is 44.1 Å². The van der Waals surface area contributed by atoms with Crippen molar-refractivity contribution in [1.82, 2.24) is 9.55 Å². The minimum absolute atomic E-state index is 0.141. The van der Waals surface area contributed by atoms with E-state index in [0.29, 0.717) is 11.4 Å². The standard InChI is InChI=1S/C24H24N2O3S/c27-22-21(16-17-8-4-1-2-5-9-17)23(28)26(24(30)25-22)18-12-14-20(15-13-18)29-19-10-6-3-7-11-19/h3,6-7,10-16,28H,1-2,4-5,8-9H2,(H,25,27,30). The Hall–Kier alpha value is -3.12. The average Bonchev–Trinajstić information content (AvgIpc) is 3.02. The molecule has 1 aliphatic carbocycles. The van der Waals surface area contributed by atoms with E-state index in [2.05, 4.69) is 4.98 Å². The largest absolute Gasteiger partial charge is 0.494 e. The van der Waals surface area contributed by atoms with E-state index in [1.54, 1.807) is 24.3 Å². The molecule has 154 valence electrons. The van der Waals surface area contributed by atoms with Crippen LogP contribution >= 0.6 is 12.2 Å². The van der Waals surface area contributed by atoms with Gasteiger partial charge in [-0.1, -0.05) is 36.6 Å². The van der Waals surface area contributed by atoms with Crippen molar-refractivity contribution in [3.63, 3.8) is 0 Å². The summed E-state index contributed by atoms with van der Waals surface area (Å²) in [6.45, 7) is 0. The molecule has 4 rings (SSSR count). The summed E-state index contributed by atoms with van der Waals surface area (Å²) in [6.07, 6.45) is 8.40. The van der Waals surface area contributed by atoms with Crippen LogP contribution < -0.4 is 10.3 Å².